The molecule has 3 aromatic heterocycles. The van der Waals surface area contributed by atoms with Gasteiger partial charge in [0.15, 0.2) is 5.69 Å². The number of imidazole rings is 1. The molecule has 6 nitrogen and oxygen atoms in total. The first-order chi connectivity index (χ1) is 13.8. The van der Waals surface area contributed by atoms with E-state index in [1.165, 1.54) is 36.2 Å². The Bertz CT molecular complexity index is 1170. The highest BCUT2D eigenvalue weighted by molar-refractivity contribution is 5.67. The molecule has 0 unspecified atom stereocenters. The van der Waals surface area contributed by atoms with Crippen molar-refractivity contribution in [2.75, 3.05) is 12.4 Å². The summed E-state index contributed by atoms with van der Waals surface area (Å²) in [6.45, 7) is 1.96. The normalized spacial score (nSPS) is 11.6. The van der Waals surface area contributed by atoms with Gasteiger partial charge in [-0.1, -0.05) is 17.7 Å². The molecular weight excluding hydrogens is 383 g/mol. The van der Waals surface area contributed by atoms with Crippen LogP contribution in [0.1, 0.15) is 11.3 Å². The van der Waals surface area contributed by atoms with Gasteiger partial charge in [-0.25, -0.2) is 9.97 Å². The molecule has 29 heavy (non-hydrogen) atoms. The zero-order valence-corrected chi connectivity index (χ0v) is 15.5. The number of hydrogen-bond donors (Lipinski definition) is 1. The lowest BCUT2D eigenvalue weighted by Crippen LogP contribution is -2.09. The highest BCUT2D eigenvalue weighted by Gasteiger charge is 2.39. The molecule has 0 bridgehead atoms. The zero-order chi connectivity index (χ0) is 20.6. The van der Waals surface area contributed by atoms with E-state index in [9.17, 15) is 13.2 Å². The summed E-state index contributed by atoms with van der Waals surface area (Å²) < 4.78 is 47.5. The third kappa shape index (κ3) is 3.71. The molecule has 0 aliphatic heterocycles. The molecule has 9 heteroatoms. The highest BCUT2D eigenvalue weighted by Crippen LogP contribution is 2.37. The van der Waals surface area contributed by atoms with E-state index in [1.54, 1.807) is 6.07 Å². The quantitative estimate of drug-likeness (QED) is 0.530. The van der Waals surface area contributed by atoms with Gasteiger partial charge >= 0.3 is 6.18 Å². The van der Waals surface area contributed by atoms with E-state index in [4.69, 9.17) is 4.74 Å². The average Bonchev–Trinajstić information content (AvgIpc) is 3.09. The fourth-order valence-electron chi connectivity index (χ4n) is 2.91. The van der Waals surface area contributed by atoms with Crippen molar-refractivity contribution in [2.24, 2.45) is 0 Å². The minimum atomic E-state index is -4.66. The van der Waals surface area contributed by atoms with Crippen LogP contribution in [-0.2, 0) is 6.18 Å². The van der Waals surface area contributed by atoms with Gasteiger partial charge in [0.2, 0.25) is 0 Å². The molecule has 3 heterocycles. The molecular formula is C20H16F3N5O. The van der Waals surface area contributed by atoms with Crippen LogP contribution in [0.5, 0.6) is 5.75 Å². The third-order valence-electron chi connectivity index (χ3n) is 4.30. The van der Waals surface area contributed by atoms with Gasteiger partial charge in [0.05, 0.1) is 25.7 Å². The SMILES string of the molecule is COc1ccc2nc(C(F)(F)F)c(-c3cncc(Nc4ccc(C)cc4)n3)n2c1. The minimum absolute atomic E-state index is 0.0372. The van der Waals surface area contributed by atoms with Crippen LogP contribution in [0.15, 0.2) is 55.0 Å². The first kappa shape index (κ1) is 18.7. The Balaban J connectivity index is 1.84. The number of ether oxygens (including phenoxy) is 1. The van der Waals surface area contributed by atoms with E-state index < -0.39 is 11.9 Å². The smallest absolute Gasteiger partial charge is 0.435 e. The molecule has 0 aliphatic carbocycles. The molecule has 0 fully saturated rings. The maximum Gasteiger partial charge on any atom is 0.435 e. The number of methoxy groups -OCH3 is 1. The summed E-state index contributed by atoms with van der Waals surface area (Å²) >= 11 is 0. The predicted molar refractivity (Wildman–Crippen MR) is 102 cm³/mol. The Labute approximate surface area is 164 Å². The first-order valence-electron chi connectivity index (χ1n) is 8.64. The molecule has 1 aromatic carbocycles. The van der Waals surface area contributed by atoms with Crippen LogP contribution >= 0.6 is 0 Å². The van der Waals surface area contributed by atoms with Gasteiger partial charge in [-0.15, -0.1) is 0 Å². The highest BCUT2D eigenvalue weighted by atomic mass is 19.4. The van der Waals surface area contributed by atoms with Crippen LogP contribution in [0.2, 0.25) is 0 Å². The number of aromatic nitrogens is 4. The zero-order valence-electron chi connectivity index (χ0n) is 15.5. The third-order valence-corrected chi connectivity index (χ3v) is 4.30. The van der Waals surface area contributed by atoms with Gasteiger partial charge in [0, 0.05) is 5.69 Å². The number of alkyl halides is 3. The van der Waals surface area contributed by atoms with Gasteiger partial charge in [-0.3, -0.25) is 9.38 Å². The van der Waals surface area contributed by atoms with Crippen molar-refractivity contribution in [3.05, 3.63) is 66.2 Å². The Morgan fingerprint density at radius 2 is 1.76 bits per heavy atom. The second-order valence-corrected chi connectivity index (χ2v) is 6.38. The second kappa shape index (κ2) is 7.08. The number of aryl methyl sites for hydroxylation is 1. The number of hydrogen-bond acceptors (Lipinski definition) is 5. The number of nitrogens with one attached hydrogen (secondary N) is 1. The molecule has 0 aliphatic rings. The number of rotatable bonds is 4. The monoisotopic (exact) mass is 399 g/mol. The van der Waals surface area contributed by atoms with Crippen LogP contribution in [0, 0.1) is 6.92 Å². The molecule has 0 saturated heterocycles. The average molecular weight is 399 g/mol. The summed E-state index contributed by atoms with van der Waals surface area (Å²) in [6, 6.07) is 10.5. The first-order valence-corrected chi connectivity index (χ1v) is 8.64. The Morgan fingerprint density at radius 3 is 2.45 bits per heavy atom. The van der Waals surface area contributed by atoms with E-state index in [1.807, 2.05) is 31.2 Å². The number of nitrogens with zero attached hydrogens (tertiary/aromatic N) is 4. The number of pyridine rings is 1. The lowest BCUT2D eigenvalue weighted by atomic mass is 10.2. The number of halogens is 3. The van der Waals surface area contributed by atoms with Crippen molar-refractivity contribution in [1.29, 1.82) is 0 Å². The fraction of sp³-hybridized carbons (Fsp3) is 0.150. The van der Waals surface area contributed by atoms with Crippen molar-refractivity contribution in [3.63, 3.8) is 0 Å². The van der Waals surface area contributed by atoms with Crippen molar-refractivity contribution in [3.8, 4) is 17.1 Å². The van der Waals surface area contributed by atoms with Crippen molar-refractivity contribution < 1.29 is 17.9 Å². The van der Waals surface area contributed by atoms with Crippen molar-refractivity contribution >= 4 is 17.2 Å². The number of benzene rings is 1. The fourth-order valence-corrected chi connectivity index (χ4v) is 2.91. The van der Waals surface area contributed by atoms with Gasteiger partial charge in [-0.05, 0) is 31.2 Å². The lowest BCUT2D eigenvalue weighted by molar-refractivity contribution is -0.140. The topological polar surface area (TPSA) is 64.3 Å². The van der Waals surface area contributed by atoms with Crippen LogP contribution < -0.4 is 10.1 Å². The molecule has 148 valence electrons. The van der Waals surface area contributed by atoms with Gasteiger partial charge in [-0.2, -0.15) is 13.2 Å². The van der Waals surface area contributed by atoms with Gasteiger partial charge < -0.3 is 10.1 Å². The molecule has 0 atom stereocenters. The van der Waals surface area contributed by atoms with Crippen LogP contribution in [0.25, 0.3) is 17.0 Å². The maximum absolute atomic E-state index is 13.7. The molecule has 4 aromatic rings. The summed E-state index contributed by atoms with van der Waals surface area (Å²) in [6.07, 6.45) is -0.496. The predicted octanol–water partition coefficient (Wildman–Crippen LogP) is 4.87. The van der Waals surface area contributed by atoms with E-state index in [2.05, 4.69) is 20.3 Å². The summed E-state index contributed by atoms with van der Waals surface area (Å²) in [5.74, 6) is 0.712. The standard InChI is InChI=1S/C20H16F3N5O/c1-12-3-5-13(6-4-12)25-16-10-24-9-15(26-16)18-19(20(21,22)23)27-17-8-7-14(29-2)11-28(17)18/h3-11H,1-2H3,(H,25,26). The summed E-state index contributed by atoms with van der Waals surface area (Å²) in [5, 5.41) is 3.05. The van der Waals surface area contributed by atoms with Crippen molar-refractivity contribution in [2.45, 2.75) is 13.1 Å². The van der Waals surface area contributed by atoms with Gasteiger partial charge in [0.1, 0.15) is 28.6 Å². The summed E-state index contributed by atoms with van der Waals surface area (Å²) in [7, 11) is 1.44. The summed E-state index contributed by atoms with van der Waals surface area (Å²) in [4.78, 5) is 12.2. The minimum Gasteiger partial charge on any atom is -0.495 e. The molecule has 0 amide bonds. The Kier molecular flexibility index (Phi) is 4.57. The molecule has 4 rings (SSSR count). The largest absolute Gasteiger partial charge is 0.495 e. The molecule has 1 N–H and O–H groups in total. The maximum atomic E-state index is 13.7. The van der Waals surface area contributed by atoms with Gasteiger partial charge in [0.25, 0.3) is 0 Å². The number of fused-ring (bicyclic) bond motifs is 1. The molecule has 0 spiro atoms. The Morgan fingerprint density at radius 1 is 1.00 bits per heavy atom. The van der Waals surface area contributed by atoms with E-state index in [0.717, 1.165) is 11.3 Å². The molecule has 0 radical (unpaired) electrons. The van der Waals surface area contributed by atoms with E-state index in [-0.39, 0.29) is 17.0 Å². The van der Waals surface area contributed by atoms with Crippen LogP contribution in [0.4, 0.5) is 24.7 Å². The second-order valence-electron chi connectivity index (χ2n) is 6.38. The molecule has 0 saturated carbocycles. The Hall–Kier alpha value is -3.62. The summed E-state index contributed by atoms with van der Waals surface area (Å²) in [5.41, 5.74) is 0.767. The van der Waals surface area contributed by atoms with E-state index in [0.29, 0.717) is 11.6 Å². The van der Waals surface area contributed by atoms with E-state index >= 15 is 0 Å². The number of anilines is 2. The van der Waals surface area contributed by atoms with Crippen molar-refractivity contribution in [1.82, 2.24) is 19.4 Å². The van der Waals surface area contributed by atoms with Crippen LogP contribution in [-0.4, -0.2) is 26.5 Å². The van der Waals surface area contributed by atoms with Crippen LogP contribution in [0.3, 0.4) is 0 Å². The lowest BCUT2D eigenvalue weighted by Gasteiger charge is -2.10.